The van der Waals surface area contributed by atoms with E-state index in [2.05, 4.69) is 17.2 Å². The summed E-state index contributed by atoms with van der Waals surface area (Å²) in [5.41, 5.74) is 10.5. The number of methoxy groups -OCH3 is 1. The molecule has 2 aliphatic rings. The number of nitrogens with one attached hydrogen (secondary N) is 1. The minimum absolute atomic E-state index is 0.140. The Morgan fingerprint density at radius 1 is 1.23 bits per heavy atom. The van der Waals surface area contributed by atoms with Crippen molar-refractivity contribution in [2.24, 2.45) is 10.7 Å². The van der Waals surface area contributed by atoms with Gasteiger partial charge in [-0.2, -0.15) is 0 Å². The lowest BCUT2D eigenvalue weighted by Gasteiger charge is -2.28. The predicted octanol–water partition coefficient (Wildman–Crippen LogP) is 6.13. The van der Waals surface area contributed by atoms with E-state index in [0.29, 0.717) is 54.7 Å². The van der Waals surface area contributed by atoms with Crippen molar-refractivity contribution < 1.29 is 33.6 Å². The summed E-state index contributed by atoms with van der Waals surface area (Å²) >= 11 is 0. The number of nitrogens with two attached hydrogens (primary N) is 1. The van der Waals surface area contributed by atoms with Crippen molar-refractivity contribution in [2.75, 3.05) is 39.0 Å². The van der Waals surface area contributed by atoms with Crippen LogP contribution in [0, 0.1) is 12.7 Å². The summed E-state index contributed by atoms with van der Waals surface area (Å²) in [6, 6.07) is 12.3. The molecule has 0 spiro atoms. The first-order chi connectivity index (χ1) is 24.9. The average Bonchev–Trinajstić information content (AvgIpc) is 3.58. The topological polar surface area (TPSA) is 150 Å². The lowest BCUT2D eigenvalue weighted by atomic mass is 9.86. The van der Waals surface area contributed by atoms with Crippen LogP contribution in [0.4, 0.5) is 10.1 Å². The van der Waals surface area contributed by atoms with Crippen molar-refractivity contribution in [1.29, 1.82) is 0 Å². The smallest absolute Gasteiger partial charge is 0.275 e. The Kier molecular flexibility index (Phi) is 12.7. The Bertz CT molecular complexity index is 1890. The van der Waals surface area contributed by atoms with Gasteiger partial charge in [0.05, 0.1) is 30.9 Å². The van der Waals surface area contributed by atoms with Crippen LogP contribution in [0.3, 0.4) is 0 Å². The number of benzene rings is 2. The first-order valence-corrected chi connectivity index (χ1v) is 17.4. The van der Waals surface area contributed by atoms with E-state index in [-0.39, 0.29) is 30.5 Å². The van der Waals surface area contributed by atoms with Crippen LogP contribution in [0.15, 0.2) is 100 Å². The number of anilines is 1. The summed E-state index contributed by atoms with van der Waals surface area (Å²) in [4.78, 5) is 18.2. The first kappa shape index (κ1) is 38.5. The van der Waals surface area contributed by atoms with Crippen LogP contribution in [0.25, 0.3) is 11.1 Å². The lowest BCUT2D eigenvalue weighted by molar-refractivity contribution is -0.0773. The molecule has 5 N–H and O–H groups in total. The highest BCUT2D eigenvalue weighted by Gasteiger charge is 2.33. The van der Waals surface area contributed by atoms with E-state index in [1.807, 2.05) is 55.0 Å². The van der Waals surface area contributed by atoms with Gasteiger partial charge in [0.2, 0.25) is 0 Å². The van der Waals surface area contributed by atoms with Crippen LogP contribution in [-0.2, 0) is 24.5 Å². The largest absolute Gasteiger partial charge is 0.469 e. The number of allylic oxidation sites excluding steroid dienone is 4. The van der Waals surface area contributed by atoms with Gasteiger partial charge in [-0.05, 0) is 75.8 Å². The standard InChI is InChI=1S/C40H49FN4O7/c1-25-9-11-28(12-10-25)33-20-45(40(4)15-16-50-23-40)21-34(37(33)47)39(48)44-30-13-14-31(35(41)18-30)32-17-29(19-43-38(32)42)26(2)7-6-8-36(49-5)51-22-27(3)52-24-46/h7-14,18-21,27,32,39,44,46,48H,6,15-17,22-24H2,1-5H3,(H2,42,43)/b26-7+,36-8+/t27-,32?,39?,40?/m1/s1. The van der Waals surface area contributed by atoms with Crippen molar-refractivity contribution in [2.45, 2.75) is 70.7 Å². The van der Waals surface area contributed by atoms with Crippen LogP contribution in [0.2, 0.25) is 0 Å². The zero-order valence-corrected chi connectivity index (χ0v) is 30.4. The number of aromatic nitrogens is 1. The number of aryl methyl sites for hydroxylation is 1. The third kappa shape index (κ3) is 9.18. The van der Waals surface area contributed by atoms with Crippen molar-refractivity contribution >= 4 is 11.5 Å². The van der Waals surface area contributed by atoms with E-state index in [1.165, 1.54) is 13.2 Å². The van der Waals surface area contributed by atoms with Gasteiger partial charge < -0.3 is 44.8 Å². The predicted molar refractivity (Wildman–Crippen MR) is 199 cm³/mol. The normalized spacial score (nSPS) is 20.6. The molecule has 0 bridgehead atoms. The summed E-state index contributed by atoms with van der Waals surface area (Å²) in [6.07, 6.45) is 8.93. The SMILES string of the molecule is CO/C(=C\C/C=C(\C)C1=CN=C(N)C(c2ccc(NC(O)c3cn(C4(C)CCOC4)cc(-c4ccc(C)cc4)c3=O)cc2F)C1)OC[C@@H](C)OCO. The van der Waals surface area contributed by atoms with Crippen LogP contribution >= 0.6 is 0 Å². The maximum atomic E-state index is 15.8. The Hall–Kier alpha value is -4.75. The number of aliphatic hydroxyl groups is 2. The van der Waals surface area contributed by atoms with Gasteiger partial charge in [-0.25, -0.2) is 9.38 Å². The number of halogens is 1. The fourth-order valence-corrected chi connectivity index (χ4v) is 6.23. The van der Waals surface area contributed by atoms with Gasteiger partial charge in [0.25, 0.3) is 5.95 Å². The van der Waals surface area contributed by atoms with Gasteiger partial charge in [-0.1, -0.05) is 47.5 Å². The van der Waals surface area contributed by atoms with Gasteiger partial charge in [-0.3, -0.25) is 4.79 Å². The molecule has 4 atom stereocenters. The highest BCUT2D eigenvalue weighted by Crippen LogP contribution is 2.34. The quantitative estimate of drug-likeness (QED) is 0.108. The Morgan fingerprint density at radius 2 is 2.00 bits per heavy atom. The molecule has 278 valence electrons. The molecule has 3 aromatic rings. The molecule has 1 saturated heterocycles. The fourth-order valence-electron chi connectivity index (χ4n) is 6.23. The molecule has 1 aromatic heterocycles. The first-order valence-electron chi connectivity index (χ1n) is 17.4. The molecule has 2 aromatic carbocycles. The summed E-state index contributed by atoms with van der Waals surface area (Å²) in [5.74, 6) is -0.396. The minimum atomic E-state index is -1.42. The molecule has 0 aliphatic carbocycles. The lowest BCUT2D eigenvalue weighted by Crippen LogP contribution is -2.33. The van der Waals surface area contributed by atoms with Crippen molar-refractivity contribution in [3.63, 3.8) is 0 Å². The summed E-state index contributed by atoms with van der Waals surface area (Å²) in [7, 11) is 1.51. The number of ether oxygens (including phenoxy) is 4. The molecule has 12 heteroatoms. The van der Waals surface area contributed by atoms with E-state index in [4.69, 9.17) is 29.8 Å². The molecule has 0 radical (unpaired) electrons. The molecule has 0 saturated carbocycles. The van der Waals surface area contributed by atoms with Crippen LogP contribution in [0.1, 0.15) is 68.9 Å². The van der Waals surface area contributed by atoms with E-state index in [0.717, 1.165) is 28.7 Å². The summed E-state index contributed by atoms with van der Waals surface area (Å²) < 4.78 is 39.4. The van der Waals surface area contributed by atoms with Crippen LogP contribution in [-0.4, -0.2) is 60.4 Å². The summed E-state index contributed by atoms with van der Waals surface area (Å²) in [6.45, 7) is 8.67. The number of nitrogens with zero attached hydrogens (tertiary/aromatic N) is 2. The number of pyridine rings is 1. The Morgan fingerprint density at radius 3 is 2.67 bits per heavy atom. The highest BCUT2D eigenvalue weighted by molar-refractivity contribution is 5.89. The van der Waals surface area contributed by atoms with Crippen LogP contribution < -0.4 is 16.5 Å². The molecule has 5 rings (SSSR count). The fraction of sp³-hybridized carbons (Fsp3) is 0.400. The Balaban J connectivity index is 1.31. The molecular weight excluding hydrogens is 667 g/mol. The second kappa shape index (κ2) is 17.2. The third-order valence-electron chi connectivity index (χ3n) is 9.60. The highest BCUT2D eigenvalue weighted by atomic mass is 19.1. The van der Waals surface area contributed by atoms with Crippen LogP contribution in [0.5, 0.6) is 0 Å². The Labute approximate surface area is 303 Å². The molecule has 52 heavy (non-hydrogen) atoms. The zero-order chi connectivity index (χ0) is 37.4. The second-order valence-electron chi connectivity index (χ2n) is 13.5. The van der Waals surface area contributed by atoms with E-state index < -0.39 is 23.5 Å². The van der Waals surface area contributed by atoms with E-state index in [1.54, 1.807) is 37.5 Å². The molecule has 3 heterocycles. The van der Waals surface area contributed by atoms with Gasteiger partial charge in [0, 0.05) is 48.4 Å². The number of aliphatic hydroxyl groups excluding tert-OH is 2. The maximum Gasteiger partial charge on any atom is 0.275 e. The third-order valence-corrected chi connectivity index (χ3v) is 9.60. The number of aliphatic imine (C=N–C) groups is 1. The number of hydrogen-bond acceptors (Lipinski definition) is 10. The number of rotatable bonds is 15. The zero-order valence-electron chi connectivity index (χ0n) is 30.4. The van der Waals surface area contributed by atoms with E-state index >= 15 is 4.39 Å². The number of amidine groups is 1. The maximum absolute atomic E-state index is 15.8. The molecule has 0 amide bonds. The summed E-state index contributed by atoms with van der Waals surface area (Å²) in [5, 5.41) is 23.2. The monoisotopic (exact) mass is 716 g/mol. The van der Waals surface area contributed by atoms with Gasteiger partial charge >= 0.3 is 0 Å². The molecule has 11 nitrogen and oxygen atoms in total. The van der Waals surface area contributed by atoms with Gasteiger partial charge in [0.15, 0.2) is 11.7 Å². The van der Waals surface area contributed by atoms with Crippen molar-refractivity contribution in [3.8, 4) is 11.1 Å². The molecule has 2 aliphatic heterocycles. The van der Waals surface area contributed by atoms with Crippen molar-refractivity contribution in [1.82, 2.24) is 4.57 Å². The molecular formula is C40H49FN4O7. The number of hydrogen-bond donors (Lipinski definition) is 4. The second-order valence-corrected chi connectivity index (χ2v) is 13.5. The van der Waals surface area contributed by atoms with Gasteiger partial charge in [0.1, 0.15) is 25.1 Å². The average molecular weight is 717 g/mol. The molecule has 3 unspecified atom stereocenters. The van der Waals surface area contributed by atoms with Crippen molar-refractivity contribution in [3.05, 3.63) is 123 Å². The minimum Gasteiger partial charge on any atom is -0.469 e. The molecule has 1 fully saturated rings. The van der Waals surface area contributed by atoms with E-state index in [9.17, 15) is 9.90 Å². The van der Waals surface area contributed by atoms with Gasteiger partial charge in [-0.15, -0.1) is 0 Å².